The van der Waals surface area contributed by atoms with Crippen LogP contribution in [0, 0.1) is 6.92 Å². The number of nitrogens with two attached hydrogens (primary N) is 1. The average molecular weight is 272 g/mol. The Hall–Kier alpha value is -2.14. The predicted molar refractivity (Wildman–Crippen MR) is 78.2 cm³/mol. The summed E-state index contributed by atoms with van der Waals surface area (Å²) < 4.78 is 1.82. The molecule has 0 aliphatic heterocycles. The maximum absolute atomic E-state index is 12.1. The van der Waals surface area contributed by atoms with Crippen LogP contribution in [0.5, 0.6) is 0 Å². The molecule has 1 aromatic heterocycles. The van der Waals surface area contributed by atoms with Crippen molar-refractivity contribution in [3.63, 3.8) is 0 Å². The first-order chi connectivity index (χ1) is 9.70. The van der Waals surface area contributed by atoms with Crippen LogP contribution < -0.4 is 11.1 Å². The first-order valence-electron chi connectivity index (χ1n) is 6.72. The van der Waals surface area contributed by atoms with Crippen LogP contribution in [0.2, 0.25) is 0 Å². The summed E-state index contributed by atoms with van der Waals surface area (Å²) in [6.45, 7) is 3.49. The van der Waals surface area contributed by atoms with Crippen molar-refractivity contribution < 1.29 is 4.79 Å². The molecule has 5 heteroatoms. The lowest BCUT2D eigenvalue weighted by atomic mass is 9.98. The van der Waals surface area contributed by atoms with Crippen LogP contribution >= 0.6 is 0 Å². The van der Waals surface area contributed by atoms with Crippen molar-refractivity contribution in [3.05, 3.63) is 53.9 Å². The fraction of sp³-hybridized carbons (Fsp3) is 0.333. The molecule has 1 unspecified atom stereocenters. The Balaban J connectivity index is 1.87. The zero-order chi connectivity index (χ0) is 14.4. The summed E-state index contributed by atoms with van der Waals surface area (Å²) >= 11 is 0. The normalized spacial score (nSPS) is 12.1. The van der Waals surface area contributed by atoms with Gasteiger partial charge in [-0.25, -0.2) is 0 Å². The molecule has 1 heterocycles. The fourth-order valence-corrected chi connectivity index (χ4v) is 2.09. The zero-order valence-corrected chi connectivity index (χ0v) is 11.6. The molecule has 0 fully saturated rings. The van der Waals surface area contributed by atoms with E-state index in [0.717, 1.165) is 11.1 Å². The van der Waals surface area contributed by atoms with E-state index >= 15 is 0 Å². The summed E-state index contributed by atoms with van der Waals surface area (Å²) in [4.78, 5) is 12.1. The van der Waals surface area contributed by atoms with Crippen LogP contribution in [0.1, 0.15) is 17.0 Å². The van der Waals surface area contributed by atoms with Gasteiger partial charge in [-0.2, -0.15) is 5.10 Å². The van der Waals surface area contributed by atoms with E-state index in [-0.39, 0.29) is 11.8 Å². The number of rotatable bonds is 6. The van der Waals surface area contributed by atoms with Gasteiger partial charge in [0.15, 0.2) is 0 Å². The second kappa shape index (κ2) is 6.86. The van der Waals surface area contributed by atoms with Crippen LogP contribution in [-0.2, 0) is 11.3 Å². The van der Waals surface area contributed by atoms with Crippen LogP contribution in [0.25, 0.3) is 0 Å². The molecule has 3 N–H and O–H groups in total. The maximum Gasteiger partial charge on any atom is 0.228 e. The van der Waals surface area contributed by atoms with Gasteiger partial charge in [-0.15, -0.1) is 0 Å². The molecule has 2 rings (SSSR count). The molecule has 1 amide bonds. The summed E-state index contributed by atoms with van der Waals surface area (Å²) in [6.07, 6.45) is 3.75. The monoisotopic (exact) mass is 272 g/mol. The summed E-state index contributed by atoms with van der Waals surface area (Å²) in [7, 11) is 0. The molecule has 0 spiro atoms. The number of benzene rings is 1. The van der Waals surface area contributed by atoms with E-state index in [4.69, 9.17) is 5.73 Å². The fourth-order valence-electron chi connectivity index (χ4n) is 2.09. The average Bonchev–Trinajstić information content (AvgIpc) is 2.86. The molecule has 0 bridgehead atoms. The van der Waals surface area contributed by atoms with E-state index in [1.54, 1.807) is 6.20 Å². The van der Waals surface area contributed by atoms with Crippen molar-refractivity contribution in [1.82, 2.24) is 15.1 Å². The number of carbonyl (C=O) groups is 1. The minimum absolute atomic E-state index is 0.0393. The van der Waals surface area contributed by atoms with E-state index in [2.05, 4.69) is 10.4 Å². The van der Waals surface area contributed by atoms with Gasteiger partial charge in [-0.05, 0) is 18.1 Å². The van der Waals surface area contributed by atoms with Crippen LogP contribution in [0.3, 0.4) is 0 Å². The van der Waals surface area contributed by atoms with Gasteiger partial charge in [0.1, 0.15) is 0 Å². The Morgan fingerprint density at radius 2 is 2.15 bits per heavy atom. The van der Waals surface area contributed by atoms with Crippen LogP contribution in [-0.4, -0.2) is 28.8 Å². The van der Waals surface area contributed by atoms with Gasteiger partial charge in [-0.3, -0.25) is 9.48 Å². The van der Waals surface area contributed by atoms with Crippen molar-refractivity contribution in [2.24, 2.45) is 5.73 Å². The van der Waals surface area contributed by atoms with Crippen LogP contribution in [0.15, 0.2) is 42.7 Å². The van der Waals surface area contributed by atoms with Crippen molar-refractivity contribution in [1.29, 1.82) is 0 Å². The lowest BCUT2D eigenvalue weighted by Gasteiger charge is -2.15. The largest absolute Gasteiger partial charge is 0.354 e. The van der Waals surface area contributed by atoms with Crippen molar-refractivity contribution in [2.45, 2.75) is 19.4 Å². The smallest absolute Gasteiger partial charge is 0.228 e. The molecule has 0 saturated carbocycles. The third kappa shape index (κ3) is 3.68. The number of carbonyl (C=O) groups excluding carboxylic acids is 1. The molecule has 106 valence electrons. The Morgan fingerprint density at radius 1 is 1.40 bits per heavy atom. The number of aromatic nitrogens is 2. The standard InChI is InChI=1S/C15H20N4O/c1-12-10-18-19(11-12)8-7-17-15(20)14(9-16)13-5-3-2-4-6-13/h2-6,10-11,14H,7-9,16H2,1H3,(H,17,20). The molecule has 2 aromatic rings. The summed E-state index contributed by atoms with van der Waals surface area (Å²) in [5.74, 6) is -0.335. The van der Waals surface area contributed by atoms with E-state index in [1.807, 2.05) is 48.1 Å². The highest BCUT2D eigenvalue weighted by molar-refractivity contribution is 5.83. The number of nitrogens with zero attached hydrogens (tertiary/aromatic N) is 2. The summed E-state index contributed by atoms with van der Waals surface area (Å²) in [6, 6.07) is 9.60. The van der Waals surface area contributed by atoms with Crippen molar-refractivity contribution in [3.8, 4) is 0 Å². The van der Waals surface area contributed by atoms with Crippen molar-refractivity contribution in [2.75, 3.05) is 13.1 Å². The second-order valence-corrected chi connectivity index (χ2v) is 4.77. The minimum atomic E-state index is -0.296. The summed E-state index contributed by atoms with van der Waals surface area (Å²) in [5.41, 5.74) is 7.77. The van der Waals surface area contributed by atoms with Gasteiger partial charge in [0, 0.05) is 19.3 Å². The van der Waals surface area contributed by atoms with Gasteiger partial charge < -0.3 is 11.1 Å². The highest BCUT2D eigenvalue weighted by Gasteiger charge is 2.17. The molecule has 5 nitrogen and oxygen atoms in total. The number of amides is 1. The minimum Gasteiger partial charge on any atom is -0.354 e. The third-order valence-electron chi connectivity index (χ3n) is 3.16. The zero-order valence-electron chi connectivity index (χ0n) is 11.6. The quantitative estimate of drug-likeness (QED) is 0.825. The lowest BCUT2D eigenvalue weighted by molar-refractivity contribution is -0.122. The number of aryl methyl sites for hydroxylation is 1. The topological polar surface area (TPSA) is 72.9 Å². The first-order valence-corrected chi connectivity index (χ1v) is 6.72. The van der Waals surface area contributed by atoms with E-state index in [1.165, 1.54) is 0 Å². The highest BCUT2D eigenvalue weighted by Crippen LogP contribution is 2.13. The SMILES string of the molecule is Cc1cnn(CCNC(=O)C(CN)c2ccccc2)c1. The molecule has 20 heavy (non-hydrogen) atoms. The Kier molecular flexibility index (Phi) is 4.90. The molecule has 1 aromatic carbocycles. The van der Waals surface area contributed by atoms with Crippen molar-refractivity contribution >= 4 is 5.91 Å². The number of hydrogen-bond donors (Lipinski definition) is 2. The van der Waals surface area contributed by atoms with E-state index in [9.17, 15) is 4.79 Å². The van der Waals surface area contributed by atoms with E-state index in [0.29, 0.717) is 19.6 Å². The van der Waals surface area contributed by atoms with Gasteiger partial charge in [-0.1, -0.05) is 30.3 Å². The molecular weight excluding hydrogens is 252 g/mol. The number of nitrogens with one attached hydrogen (secondary N) is 1. The van der Waals surface area contributed by atoms with Gasteiger partial charge in [0.2, 0.25) is 5.91 Å². The third-order valence-corrected chi connectivity index (χ3v) is 3.16. The molecular formula is C15H20N4O. The summed E-state index contributed by atoms with van der Waals surface area (Å²) in [5, 5.41) is 7.09. The van der Waals surface area contributed by atoms with E-state index < -0.39 is 0 Å². The highest BCUT2D eigenvalue weighted by atomic mass is 16.1. The molecule has 0 saturated heterocycles. The van der Waals surface area contributed by atoms with Crippen LogP contribution in [0.4, 0.5) is 0 Å². The Bertz CT molecular complexity index is 550. The second-order valence-electron chi connectivity index (χ2n) is 4.77. The van der Waals surface area contributed by atoms with Gasteiger partial charge in [0.25, 0.3) is 0 Å². The molecule has 0 aliphatic carbocycles. The first kappa shape index (κ1) is 14.3. The van der Waals surface area contributed by atoms with Gasteiger partial charge >= 0.3 is 0 Å². The maximum atomic E-state index is 12.1. The Labute approximate surface area is 118 Å². The molecule has 1 atom stereocenters. The Morgan fingerprint density at radius 3 is 2.75 bits per heavy atom. The predicted octanol–water partition coefficient (Wildman–Crippen LogP) is 1.05. The number of hydrogen-bond acceptors (Lipinski definition) is 3. The lowest BCUT2D eigenvalue weighted by Crippen LogP contribution is -2.35. The molecule has 0 aliphatic rings. The van der Waals surface area contributed by atoms with Gasteiger partial charge in [0.05, 0.1) is 18.7 Å². The molecule has 0 radical (unpaired) electrons.